The average molecular weight is 474 g/mol. The van der Waals surface area contributed by atoms with Gasteiger partial charge in [0.05, 0.1) is 16.8 Å². The monoisotopic (exact) mass is 473 g/mol. The van der Waals surface area contributed by atoms with Crippen LogP contribution in [0.3, 0.4) is 0 Å². The van der Waals surface area contributed by atoms with Crippen molar-refractivity contribution in [1.29, 1.82) is 0 Å². The van der Waals surface area contributed by atoms with Crippen LogP contribution in [0.5, 0.6) is 5.75 Å². The highest BCUT2D eigenvalue weighted by Gasteiger charge is 2.19. The molecule has 0 atom stereocenters. The second kappa shape index (κ2) is 10.2. The topological polar surface area (TPSA) is 97.5 Å². The molecule has 2 aromatic carbocycles. The highest BCUT2D eigenvalue weighted by Crippen LogP contribution is 2.36. The molecule has 0 saturated heterocycles. The molecule has 7 nitrogen and oxygen atoms in total. The molecule has 7 heteroatoms. The highest BCUT2D eigenvalue weighted by atomic mass is 16.5. The summed E-state index contributed by atoms with van der Waals surface area (Å²) in [4.78, 5) is 16.4. The molecule has 35 heavy (non-hydrogen) atoms. The van der Waals surface area contributed by atoms with Crippen molar-refractivity contribution in [2.75, 3.05) is 0 Å². The molecular formula is C28H31N3O4. The lowest BCUT2D eigenvalue weighted by molar-refractivity contribution is 0.194. The average Bonchev–Trinajstić information content (AvgIpc) is 3.13. The molecule has 4 aromatic rings. The van der Waals surface area contributed by atoms with Gasteiger partial charge in [-0.05, 0) is 62.4 Å². The molecule has 2 aromatic heterocycles. The summed E-state index contributed by atoms with van der Waals surface area (Å²) in [5, 5.41) is 16.8. The maximum Gasteiger partial charge on any atom is 0.404 e. The van der Waals surface area contributed by atoms with E-state index in [0.717, 1.165) is 62.3 Å². The first-order valence-corrected chi connectivity index (χ1v) is 11.8. The number of carboxylic acid groups (broad SMARTS) is 1. The first-order chi connectivity index (χ1) is 16.7. The number of hydrogen-bond acceptors (Lipinski definition) is 5. The Labute approximate surface area is 205 Å². The minimum absolute atomic E-state index is 0.174. The van der Waals surface area contributed by atoms with Gasteiger partial charge in [0.25, 0.3) is 0 Å². The Bertz CT molecular complexity index is 1340. The number of benzene rings is 2. The van der Waals surface area contributed by atoms with Crippen LogP contribution in [0.25, 0.3) is 22.0 Å². The lowest BCUT2D eigenvalue weighted by Crippen LogP contribution is -2.22. The Kier molecular flexibility index (Phi) is 7.05. The van der Waals surface area contributed by atoms with E-state index in [1.165, 1.54) is 0 Å². The predicted molar refractivity (Wildman–Crippen MR) is 136 cm³/mol. The van der Waals surface area contributed by atoms with E-state index in [-0.39, 0.29) is 6.54 Å². The van der Waals surface area contributed by atoms with Crippen LogP contribution >= 0.6 is 0 Å². The molecule has 2 N–H and O–H groups in total. The van der Waals surface area contributed by atoms with Gasteiger partial charge in [0.15, 0.2) is 0 Å². The van der Waals surface area contributed by atoms with Gasteiger partial charge < -0.3 is 19.7 Å². The van der Waals surface area contributed by atoms with E-state index in [1.807, 2.05) is 39.0 Å². The Balaban J connectivity index is 1.87. The molecule has 1 amide bonds. The Morgan fingerprint density at radius 3 is 2.46 bits per heavy atom. The minimum atomic E-state index is -1.06. The van der Waals surface area contributed by atoms with Gasteiger partial charge >= 0.3 is 6.09 Å². The van der Waals surface area contributed by atoms with Crippen molar-refractivity contribution in [2.24, 2.45) is 5.92 Å². The number of rotatable bonds is 8. The van der Waals surface area contributed by atoms with Crippen molar-refractivity contribution >= 4 is 17.0 Å². The number of aryl methyl sites for hydroxylation is 3. The van der Waals surface area contributed by atoms with Gasteiger partial charge in [-0.2, -0.15) is 0 Å². The summed E-state index contributed by atoms with van der Waals surface area (Å²) in [6.07, 6.45) is -0.317. The van der Waals surface area contributed by atoms with Crippen molar-refractivity contribution < 1.29 is 19.2 Å². The maximum atomic E-state index is 11.4. The van der Waals surface area contributed by atoms with Crippen LogP contribution in [-0.4, -0.2) is 21.3 Å². The van der Waals surface area contributed by atoms with Crippen LogP contribution in [0.1, 0.15) is 47.7 Å². The normalized spacial score (nSPS) is 11.3. The molecule has 0 saturated carbocycles. The zero-order valence-electron chi connectivity index (χ0n) is 20.8. The molecule has 182 valence electrons. The maximum absolute atomic E-state index is 11.4. The predicted octanol–water partition coefficient (Wildman–Crippen LogP) is 6.36. The molecule has 0 fully saturated rings. The third-order valence-electron chi connectivity index (χ3n) is 6.07. The molecule has 0 aliphatic heterocycles. The van der Waals surface area contributed by atoms with Gasteiger partial charge in [-0.1, -0.05) is 48.8 Å². The number of aromatic nitrogens is 2. The number of ether oxygens (including phenoxy) is 1. The van der Waals surface area contributed by atoms with Gasteiger partial charge in [-0.25, -0.2) is 4.79 Å². The molecule has 4 rings (SSSR count). The van der Waals surface area contributed by atoms with Crippen molar-refractivity contribution in [3.05, 3.63) is 76.3 Å². The molecule has 0 radical (unpaired) electrons. The van der Waals surface area contributed by atoms with Gasteiger partial charge in [-0.15, -0.1) is 0 Å². The van der Waals surface area contributed by atoms with E-state index in [4.69, 9.17) is 14.2 Å². The third-order valence-corrected chi connectivity index (χ3v) is 6.07. The molecule has 0 aliphatic carbocycles. The molecule has 2 heterocycles. The summed E-state index contributed by atoms with van der Waals surface area (Å²) in [7, 11) is 0. The molecule has 0 aliphatic rings. The third kappa shape index (κ3) is 5.45. The van der Waals surface area contributed by atoms with Crippen molar-refractivity contribution in [3.8, 4) is 16.9 Å². The Hall–Kier alpha value is -3.87. The largest absolute Gasteiger partial charge is 0.489 e. The number of nitrogens with zero attached hydrogens (tertiary/aromatic N) is 2. The molecule has 0 bridgehead atoms. The summed E-state index contributed by atoms with van der Waals surface area (Å²) in [6.45, 7) is 10.6. The van der Waals surface area contributed by atoms with E-state index in [9.17, 15) is 9.90 Å². The fourth-order valence-corrected chi connectivity index (χ4v) is 4.25. The number of nitrogens with one attached hydrogen (secondary N) is 1. The van der Waals surface area contributed by atoms with E-state index < -0.39 is 6.09 Å². The highest BCUT2D eigenvalue weighted by molar-refractivity contribution is 5.97. The second-order valence-electron chi connectivity index (χ2n) is 9.31. The molecular weight excluding hydrogens is 442 g/mol. The van der Waals surface area contributed by atoms with E-state index in [0.29, 0.717) is 18.3 Å². The van der Waals surface area contributed by atoms with Crippen LogP contribution in [0.15, 0.2) is 47.0 Å². The molecule has 0 unspecified atom stereocenters. The second-order valence-corrected chi connectivity index (χ2v) is 9.31. The smallest absolute Gasteiger partial charge is 0.404 e. The minimum Gasteiger partial charge on any atom is -0.489 e. The first-order valence-electron chi connectivity index (χ1n) is 11.8. The number of fused-ring (bicyclic) bond motifs is 1. The summed E-state index contributed by atoms with van der Waals surface area (Å²) < 4.78 is 11.4. The van der Waals surface area contributed by atoms with Crippen LogP contribution in [0.2, 0.25) is 0 Å². The number of carbonyl (C=O) groups is 1. The quantitative estimate of drug-likeness (QED) is 0.309. The van der Waals surface area contributed by atoms with Crippen LogP contribution in [0, 0.1) is 26.7 Å². The number of hydrogen-bond donors (Lipinski definition) is 2. The lowest BCUT2D eigenvalue weighted by Gasteiger charge is -2.19. The van der Waals surface area contributed by atoms with E-state index in [1.54, 1.807) is 0 Å². The summed E-state index contributed by atoms with van der Waals surface area (Å²) in [5.41, 5.74) is 7.52. The fourth-order valence-electron chi connectivity index (χ4n) is 4.25. The first kappa shape index (κ1) is 24.3. The van der Waals surface area contributed by atoms with Crippen molar-refractivity contribution in [2.45, 2.75) is 54.2 Å². The van der Waals surface area contributed by atoms with Gasteiger partial charge in [0, 0.05) is 23.2 Å². The summed E-state index contributed by atoms with van der Waals surface area (Å²) in [6, 6.07) is 14.1. The van der Waals surface area contributed by atoms with Gasteiger partial charge in [-0.3, -0.25) is 4.98 Å². The van der Waals surface area contributed by atoms with Crippen LogP contribution in [-0.2, 0) is 19.6 Å². The fraction of sp³-hybridized carbons (Fsp3) is 0.321. The SMILES string of the molecule is Cc1ccc(-c2c(CNC(=O)O)c(CC(C)C)nc3ccc(OCc4c(C)noc4C)cc23)cc1. The van der Waals surface area contributed by atoms with Gasteiger partial charge in [0.1, 0.15) is 18.1 Å². The Morgan fingerprint density at radius 2 is 1.83 bits per heavy atom. The number of pyridine rings is 1. The lowest BCUT2D eigenvalue weighted by atomic mass is 9.91. The number of amides is 1. The Morgan fingerprint density at radius 1 is 1.09 bits per heavy atom. The zero-order valence-corrected chi connectivity index (χ0v) is 20.8. The van der Waals surface area contributed by atoms with Crippen molar-refractivity contribution in [3.63, 3.8) is 0 Å². The zero-order chi connectivity index (χ0) is 25.1. The summed E-state index contributed by atoms with van der Waals surface area (Å²) in [5.74, 6) is 1.80. The molecule has 0 spiro atoms. The van der Waals surface area contributed by atoms with Gasteiger partial charge in [0.2, 0.25) is 0 Å². The van der Waals surface area contributed by atoms with E-state index >= 15 is 0 Å². The van der Waals surface area contributed by atoms with Crippen LogP contribution in [0.4, 0.5) is 4.79 Å². The summed E-state index contributed by atoms with van der Waals surface area (Å²) >= 11 is 0. The van der Waals surface area contributed by atoms with Crippen LogP contribution < -0.4 is 10.1 Å². The standard InChI is InChI=1S/C28H31N3O4/c1-16(2)12-26-23(14-29-28(32)33)27(20-8-6-17(3)7-9-20)22-13-21(10-11-25(22)30-26)34-15-24-18(4)31-35-19(24)5/h6-11,13,16,29H,12,14-15H2,1-5H3,(H,32,33). The van der Waals surface area contributed by atoms with E-state index in [2.05, 4.69) is 48.6 Å². The van der Waals surface area contributed by atoms with Crippen molar-refractivity contribution in [1.82, 2.24) is 15.5 Å².